The standard InChI is InChI=1S/C23H29BrClNO6/c1-2-14(15-6-4-3-5-7-15)8-9-17-20(31-17)23(29)19(24)16(10-11-22(23)13-30-22)32-21(28)26-18(27)12-25/h3-7,14,16-17,19-20,29H,2,8-13H2,1H3,(H,26,27,28). The fraction of sp³-hybridized carbons (Fsp3) is 0.652. The molecule has 1 aromatic rings. The predicted octanol–water partition coefficient (Wildman–Crippen LogP) is 3.65. The maximum atomic E-state index is 12.0. The number of alkyl halides is 2. The lowest BCUT2D eigenvalue weighted by Crippen LogP contribution is -2.64. The van der Waals surface area contributed by atoms with Crippen LogP contribution in [0.4, 0.5) is 4.79 Å². The van der Waals surface area contributed by atoms with E-state index in [2.05, 4.69) is 52.4 Å². The molecular formula is C23H29BrClNO6. The van der Waals surface area contributed by atoms with Gasteiger partial charge < -0.3 is 19.3 Å². The summed E-state index contributed by atoms with van der Waals surface area (Å²) in [5.41, 5.74) is -0.701. The molecule has 7 atom stereocenters. The van der Waals surface area contributed by atoms with Gasteiger partial charge in [0.2, 0.25) is 5.91 Å². The second-order valence-electron chi connectivity index (χ2n) is 8.86. The number of amides is 2. The Bertz CT molecular complexity index is 837. The number of carbonyl (C=O) groups excluding carboxylic acids is 2. The van der Waals surface area contributed by atoms with Crippen molar-refractivity contribution in [3.05, 3.63) is 35.9 Å². The smallest absolute Gasteiger partial charge is 0.414 e. The van der Waals surface area contributed by atoms with Crippen molar-refractivity contribution in [3.63, 3.8) is 0 Å². The number of aliphatic hydroxyl groups is 1. The number of carbonyl (C=O) groups is 2. The van der Waals surface area contributed by atoms with Crippen molar-refractivity contribution in [1.29, 1.82) is 0 Å². The first-order valence-corrected chi connectivity index (χ1v) is 12.6. The maximum Gasteiger partial charge on any atom is 0.414 e. The number of hydrogen-bond donors (Lipinski definition) is 2. The molecule has 1 spiro atoms. The first-order chi connectivity index (χ1) is 15.3. The Kier molecular flexibility index (Phi) is 7.17. The van der Waals surface area contributed by atoms with Crippen LogP contribution in [-0.4, -0.2) is 63.9 Å². The second-order valence-corrected chi connectivity index (χ2v) is 10.1. The van der Waals surface area contributed by atoms with E-state index < -0.39 is 40.2 Å². The van der Waals surface area contributed by atoms with Gasteiger partial charge in [-0.1, -0.05) is 53.2 Å². The van der Waals surface area contributed by atoms with E-state index in [1.165, 1.54) is 5.56 Å². The largest absolute Gasteiger partial charge is 0.445 e. The summed E-state index contributed by atoms with van der Waals surface area (Å²) in [5, 5.41) is 13.9. The van der Waals surface area contributed by atoms with Gasteiger partial charge >= 0.3 is 6.09 Å². The summed E-state index contributed by atoms with van der Waals surface area (Å²) in [7, 11) is 0. The van der Waals surface area contributed by atoms with Gasteiger partial charge in [-0.05, 0) is 43.6 Å². The molecule has 0 radical (unpaired) electrons. The van der Waals surface area contributed by atoms with Crippen molar-refractivity contribution in [3.8, 4) is 0 Å². The van der Waals surface area contributed by atoms with Gasteiger partial charge in [-0.15, -0.1) is 11.6 Å². The van der Waals surface area contributed by atoms with Crippen molar-refractivity contribution >= 4 is 39.5 Å². The van der Waals surface area contributed by atoms with Gasteiger partial charge in [0.25, 0.3) is 0 Å². The fourth-order valence-corrected chi connectivity index (χ4v) is 6.13. The van der Waals surface area contributed by atoms with E-state index in [0.717, 1.165) is 19.3 Å². The van der Waals surface area contributed by atoms with Crippen LogP contribution in [0.2, 0.25) is 0 Å². The summed E-state index contributed by atoms with van der Waals surface area (Å²) in [6.07, 6.45) is 1.88. The number of alkyl carbamates (subject to hydrolysis) is 1. The van der Waals surface area contributed by atoms with E-state index in [4.69, 9.17) is 25.8 Å². The fourth-order valence-electron chi connectivity index (χ4n) is 5.02. The van der Waals surface area contributed by atoms with E-state index in [1.54, 1.807) is 0 Å². The number of imide groups is 1. The third-order valence-corrected chi connectivity index (χ3v) is 8.53. The molecular weight excluding hydrogens is 502 g/mol. The van der Waals surface area contributed by atoms with Crippen molar-refractivity contribution in [2.75, 3.05) is 12.5 Å². The number of benzene rings is 1. The molecule has 3 aliphatic rings. The Morgan fingerprint density at radius 2 is 2.09 bits per heavy atom. The average molecular weight is 531 g/mol. The minimum absolute atomic E-state index is 0.0794. The molecule has 176 valence electrons. The van der Waals surface area contributed by atoms with E-state index >= 15 is 0 Å². The summed E-state index contributed by atoms with van der Waals surface area (Å²) < 4.78 is 17.2. The first kappa shape index (κ1) is 24.0. The van der Waals surface area contributed by atoms with Crippen LogP contribution < -0.4 is 5.32 Å². The van der Waals surface area contributed by atoms with Crippen LogP contribution in [0.15, 0.2) is 30.3 Å². The lowest BCUT2D eigenvalue weighted by atomic mass is 9.71. The molecule has 3 fully saturated rings. The average Bonchev–Trinajstić information content (AvgIpc) is 3.72. The lowest BCUT2D eigenvalue weighted by molar-refractivity contribution is -0.119. The molecule has 9 heteroatoms. The Hall–Kier alpha value is -1.19. The van der Waals surface area contributed by atoms with Crippen molar-refractivity contribution in [1.82, 2.24) is 5.32 Å². The van der Waals surface area contributed by atoms with Gasteiger partial charge in [-0.2, -0.15) is 0 Å². The molecule has 2 heterocycles. The van der Waals surface area contributed by atoms with Crippen LogP contribution in [0, 0.1) is 0 Å². The minimum Gasteiger partial charge on any atom is -0.445 e. The van der Waals surface area contributed by atoms with Crippen LogP contribution >= 0.6 is 27.5 Å². The summed E-state index contributed by atoms with van der Waals surface area (Å²) in [6.45, 7) is 2.63. The summed E-state index contributed by atoms with van der Waals surface area (Å²) in [4.78, 5) is 22.8. The van der Waals surface area contributed by atoms with Gasteiger partial charge in [-0.25, -0.2) is 4.79 Å². The quantitative estimate of drug-likeness (QED) is 0.393. The van der Waals surface area contributed by atoms with Crippen molar-refractivity contribution in [2.24, 2.45) is 0 Å². The molecule has 4 rings (SSSR count). The number of halogens is 2. The SMILES string of the molecule is CCC(CCC1OC1C1(O)C(Br)C(OC(=O)NC(=O)CCl)CCC12CO2)c1ccccc1. The van der Waals surface area contributed by atoms with Gasteiger partial charge in [0, 0.05) is 0 Å². The van der Waals surface area contributed by atoms with E-state index in [-0.39, 0.29) is 12.0 Å². The summed E-state index contributed by atoms with van der Waals surface area (Å²) in [6, 6.07) is 10.4. The predicted molar refractivity (Wildman–Crippen MR) is 122 cm³/mol. The summed E-state index contributed by atoms with van der Waals surface area (Å²) in [5.74, 6) is -0.532. The van der Waals surface area contributed by atoms with E-state index in [9.17, 15) is 14.7 Å². The molecule has 7 nitrogen and oxygen atoms in total. The Morgan fingerprint density at radius 3 is 2.72 bits per heavy atom. The molecule has 0 bridgehead atoms. The van der Waals surface area contributed by atoms with Gasteiger partial charge in [-0.3, -0.25) is 10.1 Å². The molecule has 2 aliphatic heterocycles. The first-order valence-electron chi connectivity index (χ1n) is 11.1. The molecule has 32 heavy (non-hydrogen) atoms. The molecule has 1 aliphatic carbocycles. The Morgan fingerprint density at radius 1 is 1.38 bits per heavy atom. The number of ether oxygens (including phenoxy) is 3. The molecule has 1 saturated carbocycles. The van der Waals surface area contributed by atoms with Gasteiger partial charge in [0.1, 0.15) is 29.3 Å². The normalized spacial score (nSPS) is 36.4. The van der Waals surface area contributed by atoms with Crippen LogP contribution in [0.25, 0.3) is 0 Å². The van der Waals surface area contributed by atoms with Crippen molar-refractivity contribution in [2.45, 2.75) is 79.3 Å². The number of hydrogen-bond acceptors (Lipinski definition) is 6. The Balaban J connectivity index is 1.39. The van der Waals surface area contributed by atoms with E-state index in [1.807, 2.05) is 6.07 Å². The zero-order chi connectivity index (χ0) is 22.9. The maximum absolute atomic E-state index is 12.0. The third kappa shape index (κ3) is 4.57. The highest BCUT2D eigenvalue weighted by atomic mass is 79.9. The Labute approximate surface area is 201 Å². The highest BCUT2D eigenvalue weighted by Crippen LogP contribution is 2.58. The van der Waals surface area contributed by atoms with Crippen LogP contribution in [0.3, 0.4) is 0 Å². The van der Waals surface area contributed by atoms with E-state index in [0.29, 0.717) is 25.4 Å². The number of rotatable bonds is 8. The topological polar surface area (TPSA) is 101 Å². The molecule has 0 aromatic heterocycles. The molecule has 1 aromatic carbocycles. The second kappa shape index (κ2) is 9.58. The van der Waals surface area contributed by atoms with Crippen LogP contribution in [0.1, 0.15) is 50.5 Å². The molecule has 2 N–H and O–H groups in total. The highest BCUT2D eigenvalue weighted by molar-refractivity contribution is 9.09. The molecule has 2 saturated heterocycles. The highest BCUT2D eigenvalue weighted by Gasteiger charge is 2.75. The number of epoxide rings is 2. The van der Waals surface area contributed by atoms with Crippen LogP contribution in [0.5, 0.6) is 0 Å². The van der Waals surface area contributed by atoms with Gasteiger partial charge in [0.05, 0.1) is 17.5 Å². The molecule has 2 amide bonds. The van der Waals surface area contributed by atoms with Crippen molar-refractivity contribution < 1.29 is 28.9 Å². The monoisotopic (exact) mass is 529 g/mol. The lowest BCUT2D eigenvalue weighted by Gasteiger charge is -2.44. The number of nitrogens with one attached hydrogen (secondary N) is 1. The zero-order valence-electron chi connectivity index (χ0n) is 18.0. The molecule has 7 unspecified atom stereocenters. The van der Waals surface area contributed by atoms with Crippen LogP contribution in [-0.2, 0) is 19.0 Å². The zero-order valence-corrected chi connectivity index (χ0v) is 20.3. The van der Waals surface area contributed by atoms with Gasteiger partial charge in [0.15, 0.2) is 0 Å². The summed E-state index contributed by atoms with van der Waals surface area (Å²) >= 11 is 9.00. The third-order valence-electron chi connectivity index (χ3n) is 7.00. The minimum atomic E-state index is -1.33.